The Morgan fingerprint density at radius 3 is 2.32 bits per heavy atom. The van der Waals surface area contributed by atoms with Gasteiger partial charge in [-0.05, 0) is 54.6 Å². The molecule has 2 N–H and O–H groups in total. The molecule has 1 amide bonds. The first-order chi connectivity index (χ1) is 16.7. The van der Waals surface area contributed by atoms with Gasteiger partial charge in [0.2, 0.25) is 0 Å². The molecule has 3 aromatic carbocycles. The van der Waals surface area contributed by atoms with Crippen molar-refractivity contribution in [2.45, 2.75) is 0 Å². The van der Waals surface area contributed by atoms with E-state index in [1.54, 1.807) is 12.1 Å². The minimum absolute atomic E-state index is 0.173. The minimum Gasteiger partial charge on any atom is -0.378 e. The van der Waals surface area contributed by atoms with Gasteiger partial charge in [0.1, 0.15) is 0 Å². The van der Waals surface area contributed by atoms with Gasteiger partial charge in [-0.15, -0.1) is 10.2 Å². The highest BCUT2D eigenvalue weighted by Crippen LogP contribution is 2.22. The molecule has 1 saturated heterocycles. The molecule has 0 saturated carbocycles. The number of ether oxygens (including phenoxy) is 1. The SMILES string of the molecule is O=C(Nc1ccc(N2CCOCC2)cc1)c1cccc(Nc2ccc(-c3ccccc3)nn2)c1. The molecule has 4 aromatic rings. The predicted octanol–water partition coefficient (Wildman–Crippen LogP) is 4.98. The molecule has 34 heavy (non-hydrogen) atoms. The number of amides is 1. The Kier molecular flexibility index (Phi) is 6.45. The lowest BCUT2D eigenvalue weighted by Gasteiger charge is -2.28. The minimum atomic E-state index is -0.173. The van der Waals surface area contributed by atoms with Crippen LogP contribution in [0.3, 0.4) is 0 Å². The molecule has 0 atom stereocenters. The first-order valence-corrected chi connectivity index (χ1v) is 11.2. The average molecular weight is 452 g/mol. The fourth-order valence-corrected chi connectivity index (χ4v) is 3.83. The van der Waals surface area contributed by atoms with Gasteiger partial charge in [-0.3, -0.25) is 4.79 Å². The number of nitrogens with zero attached hydrogens (tertiary/aromatic N) is 3. The number of carbonyl (C=O) groups excluding carboxylic acids is 1. The monoisotopic (exact) mass is 451 g/mol. The maximum absolute atomic E-state index is 12.8. The highest BCUT2D eigenvalue weighted by molar-refractivity contribution is 6.05. The summed E-state index contributed by atoms with van der Waals surface area (Å²) in [6.07, 6.45) is 0. The fourth-order valence-electron chi connectivity index (χ4n) is 3.83. The molecule has 0 radical (unpaired) electrons. The summed E-state index contributed by atoms with van der Waals surface area (Å²) in [6.45, 7) is 3.24. The second kappa shape index (κ2) is 10.1. The van der Waals surface area contributed by atoms with Gasteiger partial charge in [0.05, 0.1) is 18.9 Å². The molecule has 5 rings (SSSR count). The molecule has 1 aromatic heterocycles. The van der Waals surface area contributed by atoms with Crippen LogP contribution in [-0.2, 0) is 4.74 Å². The highest BCUT2D eigenvalue weighted by atomic mass is 16.5. The van der Waals surface area contributed by atoms with Crippen molar-refractivity contribution >= 4 is 28.8 Å². The number of benzene rings is 3. The van der Waals surface area contributed by atoms with E-state index in [1.165, 1.54) is 0 Å². The van der Waals surface area contributed by atoms with Gasteiger partial charge < -0.3 is 20.3 Å². The molecular formula is C27H25N5O2. The second-order valence-corrected chi connectivity index (χ2v) is 7.98. The predicted molar refractivity (Wildman–Crippen MR) is 135 cm³/mol. The van der Waals surface area contributed by atoms with Crippen molar-refractivity contribution in [3.63, 3.8) is 0 Å². The van der Waals surface area contributed by atoms with Gasteiger partial charge in [0, 0.05) is 41.3 Å². The summed E-state index contributed by atoms with van der Waals surface area (Å²) in [5, 5.41) is 14.7. The van der Waals surface area contributed by atoms with E-state index in [2.05, 4.69) is 25.7 Å². The average Bonchev–Trinajstić information content (AvgIpc) is 2.91. The van der Waals surface area contributed by atoms with Gasteiger partial charge in [-0.2, -0.15) is 0 Å². The molecule has 7 nitrogen and oxygen atoms in total. The summed E-state index contributed by atoms with van der Waals surface area (Å²) < 4.78 is 5.41. The van der Waals surface area contributed by atoms with Crippen LogP contribution in [0.5, 0.6) is 0 Å². The summed E-state index contributed by atoms with van der Waals surface area (Å²) in [5.74, 6) is 0.434. The quantitative estimate of drug-likeness (QED) is 0.431. The summed E-state index contributed by atoms with van der Waals surface area (Å²) >= 11 is 0. The standard InChI is InChI=1S/C27H25N5O2/c33-27(29-22-9-11-24(12-10-22)32-15-17-34-18-16-32)21-7-4-8-23(19-21)28-26-14-13-25(30-31-26)20-5-2-1-3-6-20/h1-14,19H,15-18H2,(H,28,31)(H,29,33). The molecule has 1 fully saturated rings. The topological polar surface area (TPSA) is 79.4 Å². The van der Waals surface area contributed by atoms with Gasteiger partial charge in [0.15, 0.2) is 5.82 Å². The van der Waals surface area contributed by atoms with Crippen LogP contribution in [0.25, 0.3) is 11.3 Å². The van der Waals surface area contributed by atoms with Crippen LogP contribution in [-0.4, -0.2) is 42.4 Å². The maximum atomic E-state index is 12.8. The number of aromatic nitrogens is 2. The van der Waals surface area contributed by atoms with Crippen molar-refractivity contribution in [2.24, 2.45) is 0 Å². The van der Waals surface area contributed by atoms with Gasteiger partial charge in [0.25, 0.3) is 5.91 Å². The molecule has 170 valence electrons. The number of anilines is 4. The van der Waals surface area contributed by atoms with Gasteiger partial charge in [-0.25, -0.2) is 0 Å². The molecule has 2 heterocycles. The van der Waals surface area contributed by atoms with Crippen LogP contribution >= 0.6 is 0 Å². The Morgan fingerprint density at radius 1 is 0.794 bits per heavy atom. The molecule has 0 aliphatic carbocycles. The Labute approximate surface area is 198 Å². The first-order valence-electron chi connectivity index (χ1n) is 11.2. The van der Waals surface area contributed by atoms with Crippen LogP contribution < -0.4 is 15.5 Å². The molecule has 0 spiro atoms. The van der Waals surface area contributed by atoms with Crippen molar-refractivity contribution in [3.05, 3.63) is 96.6 Å². The first kappa shape index (κ1) is 21.6. The third-order valence-electron chi connectivity index (χ3n) is 5.63. The van der Waals surface area contributed by atoms with E-state index in [0.29, 0.717) is 11.4 Å². The van der Waals surface area contributed by atoms with E-state index < -0.39 is 0 Å². The van der Waals surface area contributed by atoms with Crippen molar-refractivity contribution in [1.82, 2.24) is 10.2 Å². The van der Waals surface area contributed by atoms with E-state index in [1.807, 2.05) is 78.9 Å². The maximum Gasteiger partial charge on any atom is 0.255 e. The Hall–Kier alpha value is -4.23. The zero-order chi connectivity index (χ0) is 23.2. The number of carbonyl (C=O) groups is 1. The summed E-state index contributed by atoms with van der Waals surface area (Å²) in [4.78, 5) is 15.1. The molecule has 1 aliphatic heterocycles. The van der Waals surface area contributed by atoms with E-state index in [-0.39, 0.29) is 5.91 Å². The molecule has 0 unspecified atom stereocenters. The number of rotatable bonds is 6. The van der Waals surface area contributed by atoms with Crippen molar-refractivity contribution < 1.29 is 9.53 Å². The lowest BCUT2D eigenvalue weighted by Crippen LogP contribution is -2.36. The number of hydrogen-bond donors (Lipinski definition) is 2. The summed E-state index contributed by atoms with van der Waals surface area (Å²) in [5.41, 5.74) is 5.01. The normalized spacial score (nSPS) is 13.4. The molecular weight excluding hydrogens is 426 g/mol. The third kappa shape index (κ3) is 5.22. The van der Waals surface area contributed by atoms with Gasteiger partial charge in [-0.1, -0.05) is 36.4 Å². The van der Waals surface area contributed by atoms with Crippen molar-refractivity contribution in [3.8, 4) is 11.3 Å². The van der Waals surface area contributed by atoms with Crippen LogP contribution in [0.2, 0.25) is 0 Å². The van der Waals surface area contributed by atoms with Crippen LogP contribution in [0.15, 0.2) is 91.0 Å². The Balaban J connectivity index is 1.22. The molecule has 0 bridgehead atoms. The number of nitrogens with one attached hydrogen (secondary N) is 2. The highest BCUT2D eigenvalue weighted by Gasteiger charge is 2.12. The number of hydrogen-bond acceptors (Lipinski definition) is 6. The van der Waals surface area contributed by atoms with Crippen LogP contribution in [0, 0.1) is 0 Å². The largest absolute Gasteiger partial charge is 0.378 e. The van der Waals surface area contributed by atoms with E-state index in [4.69, 9.17) is 4.74 Å². The van der Waals surface area contributed by atoms with Crippen LogP contribution in [0.1, 0.15) is 10.4 Å². The Bertz CT molecular complexity index is 1240. The molecule has 7 heteroatoms. The molecule has 1 aliphatic rings. The second-order valence-electron chi connectivity index (χ2n) is 7.98. The van der Waals surface area contributed by atoms with Crippen LogP contribution in [0.4, 0.5) is 22.9 Å². The van der Waals surface area contributed by atoms with Crippen molar-refractivity contribution in [2.75, 3.05) is 41.8 Å². The zero-order valence-electron chi connectivity index (χ0n) is 18.6. The summed E-state index contributed by atoms with van der Waals surface area (Å²) in [6, 6.07) is 28.9. The number of morpholine rings is 1. The van der Waals surface area contributed by atoms with E-state index >= 15 is 0 Å². The van der Waals surface area contributed by atoms with E-state index in [0.717, 1.165) is 54.6 Å². The van der Waals surface area contributed by atoms with E-state index in [9.17, 15) is 4.79 Å². The third-order valence-corrected chi connectivity index (χ3v) is 5.63. The lowest BCUT2D eigenvalue weighted by molar-refractivity contribution is 0.102. The summed E-state index contributed by atoms with van der Waals surface area (Å²) in [7, 11) is 0. The van der Waals surface area contributed by atoms with Crippen molar-refractivity contribution in [1.29, 1.82) is 0 Å². The fraction of sp³-hybridized carbons (Fsp3) is 0.148. The lowest BCUT2D eigenvalue weighted by atomic mass is 10.1. The Morgan fingerprint density at radius 2 is 1.59 bits per heavy atom. The smallest absolute Gasteiger partial charge is 0.255 e. The van der Waals surface area contributed by atoms with Gasteiger partial charge >= 0.3 is 0 Å². The zero-order valence-corrected chi connectivity index (χ0v) is 18.6.